The average molecular weight is 226 g/mol. The van der Waals surface area contributed by atoms with Crippen LogP contribution in [0.2, 0.25) is 0 Å². The zero-order chi connectivity index (χ0) is 10.8. The minimum absolute atomic E-state index is 0.524. The number of aromatic nitrogens is 1. The first kappa shape index (κ1) is 10.9. The van der Waals surface area contributed by atoms with Gasteiger partial charge in [0.05, 0.1) is 18.9 Å². The van der Waals surface area contributed by atoms with Crippen LogP contribution in [0.3, 0.4) is 0 Å². The molecule has 1 aromatic heterocycles. The highest BCUT2D eigenvalue weighted by molar-refractivity contribution is 7.10. The smallest absolute Gasteiger partial charge is 0.115 e. The lowest BCUT2D eigenvalue weighted by Gasteiger charge is -2.27. The molecule has 0 radical (unpaired) electrons. The second kappa shape index (κ2) is 4.49. The van der Waals surface area contributed by atoms with Gasteiger partial charge < -0.3 is 9.64 Å². The van der Waals surface area contributed by atoms with E-state index < -0.39 is 0 Å². The van der Waals surface area contributed by atoms with E-state index in [0.717, 1.165) is 26.3 Å². The molecule has 0 spiro atoms. The van der Waals surface area contributed by atoms with E-state index in [1.807, 2.05) is 0 Å². The van der Waals surface area contributed by atoms with Crippen LogP contribution >= 0.6 is 11.5 Å². The molecule has 1 saturated heterocycles. The SMILES string of the molecule is Cc1c(C(C)C)nsc1N1CCOCC1. The second-order valence-corrected chi connectivity index (χ2v) is 5.00. The Labute approximate surface area is 95.2 Å². The lowest BCUT2D eigenvalue weighted by Crippen LogP contribution is -2.36. The minimum atomic E-state index is 0.524. The fourth-order valence-electron chi connectivity index (χ4n) is 1.94. The van der Waals surface area contributed by atoms with Gasteiger partial charge in [-0.05, 0) is 24.4 Å². The molecule has 0 atom stereocenters. The van der Waals surface area contributed by atoms with Gasteiger partial charge in [-0.3, -0.25) is 0 Å². The van der Waals surface area contributed by atoms with Crippen molar-refractivity contribution in [3.63, 3.8) is 0 Å². The molecule has 1 aromatic rings. The Balaban J connectivity index is 2.20. The highest BCUT2D eigenvalue weighted by Gasteiger charge is 2.19. The van der Waals surface area contributed by atoms with E-state index >= 15 is 0 Å². The van der Waals surface area contributed by atoms with E-state index in [2.05, 4.69) is 30.0 Å². The van der Waals surface area contributed by atoms with Gasteiger partial charge >= 0.3 is 0 Å². The van der Waals surface area contributed by atoms with E-state index in [9.17, 15) is 0 Å². The van der Waals surface area contributed by atoms with Crippen LogP contribution in [0.1, 0.15) is 31.0 Å². The molecular formula is C11H18N2OS. The standard InChI is InChI=1S/C11H18N2OS/c1-8(2)10-9(3)11(15-12-10)13-4-6-14-7-5-13/h8H,4-7H2,1-3H3. The van der Waals surface area contributed by atoms with Crippen LogP contribution in [0.15, 0.2) is 0 Å². The quantitative estimate of drug-likeness (QED) is 0.774. The highest BCUT2D eigenvalue weighted by atomic mass is 32.1. The number of hydrogen-bond acceptors (Lipinski definition) is 4. The number of nitrogens with zero attached hydrogens (tertiary/aromatic N) is 2. The first-order valence-electron chi connectivity index (χ1n) is 5.49. The number of anilines is 1. The molecule has 15 heavy (non-hydrogen) atoms. The van der Waals surface area contributed by atoms with Crippen LogP contribution in [0.5, 0.6) is 0 Å². The Bertz CT molecular complexity index is 329. The van der Waals surface area contributed by atoms with Gasteiger partial charge in [-0.15, -0.1) is 0 Å². The van der Waals surface area contributed by atoms with Gasteiger partial charge in [0.15, 0.2) is 0 Å². The molecule has 1 aliphatic heterocycles. The first-order chi connectivity index (χ1) is 7.20. The zero-order valence-corrected chi connectivity index (χ0v) is 10.4. The summed E-state index contributed by atoms with van der Waals surface area (Å²) in [6.45, 7) is 10.3. The van der Waals surface area contributed by atoms with Crippen molar-refractivity contribution < 1.29 is 4.74 Å². The molecule has 0 aliphatic carbocycles. The molecule has 0 bridgehead atoms. The maximum Gasteiger partial charge on any atom is 0.115 e. The minimum Gasteiger partial charge on any atom is -0.378 e. The summed E-state index contributed by atoms with van der Waals surface area (Å²) >= 11 is 1.63. The monoisotopic (exact) mass is 226 g/mol. The topological polar surface area (TPSA) is 25.4 Å². The fourth-order valence-corrected chi connectivity index (χ4v) is 3.01. The van der Waals surface area contributed by atoms with Crippen LogP contribution in [-0.2, 0) is 4.74 Å². The summed E-state index contributed by atoms with van der Waals surface area (Å²) in [5.41, 5.74) is 2.61. The highest BCUT2D eigenvalue weighted by Crippen LogP contribution is 2.32. The summed E-state index contributed by atoms with van der Waals surface area (Å²) < 4.78 is 9.91. The summed E-state index contributed by atoms with van der Waals surface area (Å²) in [5.74, 6) is 0.524. The van der Waals surface area contributed by atoms with Gasteiger partial charge in [0, 0.05) is 18.7 Å². The summed E-state index contributed by atoms with van der Waals surface area (Å²) in [6, 6.07) is 0. The summed E-state index contributed by atoms with van der Waals surface area (Å²) in [7, 11) is 0. The largest absolute Gasteiger partial charge is 0.378 e. The van der Waals surface area contributed by atoms with Crippen LogP contribution in [0.4, 0.5) is 5.00 Å². The summed E-state index contributed by atoms with van der Waals surface area (Å²) in [4.78, 5) is 2.39. The third kappa shape index (κ3) is 2.16. The number of rotatable bonds is 2. The predicted octanol–water partition coefficient (Wildman–Crippen LogP) is 2.41. The van der Waals surface area contributed by atoms with Gasteiger partial charge in [-0.25, -0.2) is 0 Å². The van der Waals surface area contributed by atoms with E-state index in [1.165, 1.54) is 16.3 Å². The molecule has 0 amide bonds. The van der Waals surface area contributed by atoms with Crippen molar-refractivity contribution in [3.8, 4) is 0 Å². The Morgan fingerprint density at radius 2 is 2.00 bits per heavy atom. The number of morpholine rings is 1. The lowest BCUT2D eigenvalue weighted by atomic mass is 10.1. The molecule has 1 aliphatic rings. The Morgan fingerprint density at radius 1 is 1.33 bits per heavy atom. The van der Waals surface area contributed by atoms with Crippen molar-refractivity contribution >= 4 is 16.5 Å². The molecule has 0 saturated carbocycles. The Hall–Kier alpha value is -0.610. The van der Waals surface area contributed by atoms with Crippen molar-refractivity contribution in [1.82, 2.24) is 4.37 Å². The van der Waals surface area contributed by atoms with E-state index in [-0.39, 0.29) is 0 Å². The van der Waals surface area contributed by atoms with Crippen LogP contribution in [-0.4, -0.2) is 30.7 Å². The maximum absolute atomic E-state index is 5.36. The number of hydrogen-bond donors (Lipinski definition) is 0. The third-order valence-corrected chi connectivity index (χ3v) is 3.81. The zero-order valence-electron chi connectivity index (χ0n) is 9.62. The average Bonchev–Trinajstić information content (AvgIpc) is 2.61. The molecule has 3 nitrogen and oxygen atoms in total. The molecule has 2 heterocycles. The summed E-state index contributed by atoms with van der Waals surface area (Å²) in [6.07, 6.45) is 0. The van der Waals surface area contributed by atoms with Gasteiger partial charge in [0.2, 0.25) is 0 Å². The lowest BCUT2D eigenvalue weighted by molar-refractivity contribution is 0.123. The Kier molecular flexibility index (Phi) is 3.26. The third-order valence-electron chi connectivity index (χ3n) is 2.78. The molecule has 0 unspecified atom stereocenters. The van der Waals surface area contributed by atoms with Gasteiger partial charge in [-0.2, -0.15) is 4.37 Å². The van der Waals surface area contributed by atoms with Crippen molar-refractivity contribution in [2.45, 2.75) is 26.7 Å². The summed E-state index contributed by atoms with van der Waals surface area (Å²) in [5, 5.41) is 1.34. The molecule has 1 fully saturated rings. The molecule has 0 N–H and O–H groups in total. The van der Waals surface area contributed by atoms with E-state index in [1.54, 1.807) is 11.5 Å². The molecule has 0 aromatic carbocycles. The van der Waals surface area contributed by atoms with Crippen molar-refractivity contribution in [2.24, 2.45) is 0 Å². The molecule has 2 rings (SSSR count). The normalized spacial score (nSPS) is 17.5. The molecule has 84 valence electrons. The van der Waals surface area contributed by atoms with Crippen LogP contribution in [0.25, 0.3) is 0 Å². The van der Waals surface area contributed by atoms with Crippen LogP contribution < -0.4 is 4.90 Å². The van der Waals surface area contributed by atoms with Gasteiger partial charge in [0.25, 0.3) is 0 Å². The Morgan fingerprint density at radius 3 is 2.53 bits per heavy atom. The van der Waals surface area contributed by atoms with Crippen molar-refractivity contribution in [2.75, 3.05) is 31.2 Å². The van der Waals surface area contributed by atoms with E-state index in [4.69, 9.17) is 4.74 Å². The molecular weight excluding hydrogens is 208 g/mol. The number of ether oxygens (including phenoxy) is 1. The molecule has 4 heteroatoms. The van der Waals surface area contributed by atoms with Crippen molar-refractivity contribution in [1.29, 1.82) is 0 Å². The van der Waals surface area contributed by atoms with Gasteiger partial charge in [-0.1, -0.05) is 13.8 Å². The first-order valence-corrected chi connectivity index (χ1v) is 6.26. The predicted molar refractivity (Wildman–Crippen MR) is 64.0 cm³/mol. The van der Waals surface area contributed by atoms with Crippen LogP contribution in [0, 0.1) is 6.92 Å². The fraction of sp³-hybridized carbons (Fsp3) is 0.727. The maximum atomic E-state index is 5.36. The second-order valence-electron chi connectivity index (χ2n) is 4.25. The van der Waals surface area contributed by atoms with E-state index in [0.29, 0.717) is 5.92 Å². The van der Waals surface area contributed by atoms with Gasteiger partial charge in [0.1, 0.15) is 5.00 Å². The van der Waals surface area contributed by atoms with Crippen molar-refractivity contribution in [3.05, 3.63) is 11.3 Å².